The molecule has 0 aromatic rings. The van der Waals surface area contributed by atoms with Crippen LogP contribution in [-0.4, -0.2) is 5.71 Å². The molecule has 0 saturated carbocycles. The summed E-state index contributed by atoms with van der Waals surface area (Å²) in [6, 6.07) is 0. The summed E-state index contributed by atoms with van der Waals surface area (Å²) in [7, 11) is 0. The second kappa shape index (κ2) is 3.84. The van der Waals surface area contributed by atoms with Crippen LogP contribution in [0.15, 0.2) is 42.6 Å². The van der Waals surface area contributed by atoms with Gasteiger partial charge in [-0.25, -0.2) is 0 Å². The Morgan fingerprint density at radius 1 is 1.33 bits per heavy atom. The molecule has 0 N–H and O–H groups in total. The van der Waals surface area contributed by atoms with Crippen molar-refractivity contribution in [2.45, 2.75) is 6.92 Å². The largest absolute Gasteiger partial charge is 0.254 e. The van der Waals surface area contributed by atoms with E-state index in [-0.39, 0.29) is 0 Å². The van der Waals surface area contributed by atoms with Crippen LogP contribution in [0, 0.1) is 0 Å². The van der Waals surface area contributed by atoms with Crippen molar-refractivity contribution >= 4 is 5.71 Å². The number of hydrogen-bond acceptors (Lipinski definition) is 1. The topological polar surface area (TPSA) is 12.4 Å². The van der Waals surface area contributed by atoms with E-state index in [1.807, 2.05) is 6.92 Å². The molecule has 9 heavy (non-hydrogen) atoms. The van der Waals surface area contributed by atoms with Gasteiger partial charge in [-0.2, -0.15) is 0 Å². The second-order valence-corrected chi connectivity index (χ2v) is 1.65. The Kier molecular flexibility index (Phi) is 3.37. The maximum Gasteiger partial charge on any atom is 0.0555 e. The first-order valence-corrected chi connectivity index (χ1v) is 2.69. The van der Waals surface area contributed by atoms with Gasteiger partial charge < -0.3 is 0 Å². The van der Waals surface area contributed by atoms with E-state index in [2.05, 4.69) is 24.7 Å². The van der Waals surface area contributed by atoms with Crippen LogP contribution in [-0.2, 0) is 0 Å². The summed E-state index contributed by atoms with van der Waals surface area (Å²) in [6.45, 7) is 12.5. The maximum atomic E-state index is 4.00. The van der Waals surface area contributed by atoms with E-state index >= 15 is 0 Å². The van der Waals surface area contributed by atoms with E-state index in [4.69, 9.17) is 0 Å². The molecule has 0 heterocycles. The van der Waals surface area contributed by atoms with Crippen molar-refractivity contribution in [3.63, 3.8) is 0 Å². The first kappa shape index (κ1) is 7.89. The van der Waals surface area contributed by atoms with E-state index in [9.17, 15) is 0 Å². The van der Waals surface area contributed by atoms with Crippen molar-refractivity contribution in [3.8, 4) is 0 Å². The zero-order chi connectivity index (χ0) is 7.28. The van der Waals surface area contributed by atoms with Gasteiger partial charge in [-0.1, -0.05) is 19.7 Å². The van der Waals surface area contributed by atoms with Crippen LogP contribution in [0.5, 0.6) is 0 Å². The summed E-state index contributed by atoms with van der Waals surface area (Å²) >= 11 is 0. The Bertz CT molecular complexity index is 163. The summed E-state index contributed by atoms with van der Waals surface area (Å²) in [4.78, 5) is 4.00. The van der Waals surface area contributed by atoms with Crippen molar-refractivity contribution in [2.24, 2.45) is 4.99 Å². The lowest BCUT2D eigenvalue weighted by molar-refractivity contribution is 1.43. The van der Waals surface area contributed by atoms with E-state index in [0.29, 0.717) is 5.70 Å². The molecular weight excluding hydrogens is 110 g/mol. The number of hydrogen-bond donors (Lipinski definition) is 0. The molecule has 0 spiro atoms. The lowest BCUT2D eigenvalue weighted by Gasteiger charge is -1.89. The third kappa shape index (κ3) is 3.47. The molecule has 0 amide bonds. The molecule has 0 bridgehead atoms. The summed E-state index contributed by atoms with van der Waals surface area (Å²) in [6.07, 6.45) is 3.28. The molecule has 0 atom stereocenters. The Labute approximate surface area is 56.1 Å². The van der Waals surface area contributed by atoms with E-state index in [1.165, 1.54) is 0 Å². The lowest BCUT2D eigenvalue weighted by atomic mass is 10.4. The van der Waals surface area contributed by atoms with E-state index < -0.39 is 0 Å². The highest BCUT2D eigenvalue weighted by Gasteiger charge is 1.80. The Morgan fingerprint density at radius 2 is 1.89 bits per heavy atom. The fourth-order valence-electron chi connectivity index (χ4n) is 0.318. The second-order valence-electron chi connectivity index (χ2n) is 1.65. The van der Waals surface area contributed by atoms with Crippen LogP contribution >= 0.6 is 0 Å². The van der Waals surface area contributed by atoms with Crippen molar-refractivity contribution in [1.82, 2.24) is 0 Å². The van der Waals surface area contributed by atoms with Crippen LogP contribution < -0.4 is 0 Å². The van der Waals surface area contributed by atoms with Crippen molar-refractivity contribution in [1.29, 1.82) is 0 Å². The fraction of sp³-hybridized carbons (Fsp3) is 0.125. The molecule has 0 aliphatic carbocycles. The molecule has 1 nitrogen and oxygen atoms in total. The first-order chi connectivity index (χ1) is 4.20. The van der Waals surface area contributed by atoms with Crippen molar-refractivity contribution in [2.75, 3.05) is 0 Å². The first-order valence-electron chi connectivity index (χ1n) is 2.69. The highest BCUT2D eigenvalue weighted by molar-refractivity contribution is 5.93. The van der Waals surface area contributed by atoms with Crippen molar-refractivity contribution < 1.29 is 0 Å². The van der Waals surface area contributed by atoms with Gasteiger partial charge in [-0.3, -0.25) is 4.99 Å². The summed E-state index contributed by atoms with van der Waals surface area (Å²) < 4.78 is 0. The van der Waals surface area contributed by atoms with Gasteiger partial charge in [0.2, 0.25) is 0 Å². The minimum atomic E-state index is 0.674. The van der Waals surface area contributed by atoms with Gasteiger partial charge >= 0.3 is 0 Å². The van der Waals surface area contributed by atoms with Crippen LogP contribution in [0.4, 0.5) is 0 Å². The van der Waals surface area contributed by atoms with Gasteiger partial charge in [0.1, 0.15) is 0 Å². The molecule has 0 saturated heterocycles. The van der Waals surface area contributed by atoms with Crippen LogP contribution in [0.3, 0.4) is 0 Å². The average molecular weight is 121 g/mol. The lowest BCUT2D eigenvalue weighted by Crippen LogP contribution is -1.82. The molecule has 48 valence electrons. The molecule has 1 heteroatoms. The Morgan fingerprint density at radius 3 is 2.22 bits per heavy atom. The molecule has 0 unspecified atom stereocenters. The Hall–Kier alpha value is -1.11. The smallest absolute Gasteiger partial charge is 0.0555 e. The van der Waals surface area contributed by atoms with E-state index in [0.717, 1.165) is 5.71 Å². The predicted octanol–water partition coefficient (Wildman–Crippen LogP) is 2.33. The molecule has 0 fully saturated rings. The number of aliphatic imine (C=N–C) groups is 1. The molecular formula is C8H11N. The number of nitrogens with zero attached hydrogens (tertiary/aromatic N) is 1. The SMILES string of the molecule is C=CC(=C)N=C(C)C=C. The van der Waals surface area contributed by atoms with Gasteiger partial charge in [0.05, 0.1) is 5.70 Å². The molecule has 0 aliphatic heterocycles. The van der Waals surface area contributed by atoms with Crippen LogP contribution in [0.25, 0.3) is 0 Å². The highest BCUT2D eigenvalue weighted by Crippen LogP contribution is 1.93. The molecule has 0 aromatic carbocycles. The van der Waals surface area contributed by atoms with Crippen molar-refractivity contribution in [3.05, 3.63) is 37.6 Å². The van der Waals surface area contributed by atoms with Gasteiger partial charge in [0.25, 0.3) is 0 Å². The molecule has 0 rings (SSSR count). The third-order valence-corrected chi connectivity index (χ3v) is 0.851. The molecule has 0 aliphatic rings. The molecule has 0 radical (unpaired) electrons. The molecule has 0 aromatic heterocycles. The normalized spacial score (nSPS) is 10.6. The summed E-state index contributed by atoms with van der Waals surface area (Å²) in [5, 5.41) is 0. The van der Waals surface area contributed by atoms with Gasteiger partial charge in [-0.15, -0.1) is 0 Å². The third-order valence-electron chi connectivity index (χ3n) is 0.851. The predicted molar refractivity (Wildman–Crippen MR) is 42.6 cm³/mol. The summed E-state index contributed by atoms with van der Waals surface area (Å²) in [5.41, 5.74) is 1.53. The number of allylic oxidation sites excluding steroid dienone is 2. The monoisotopic (exact) mass is 121 g/mol. The van der Waals surface area contributed by atoms with Crippen LogP contribution in [0.1, 0.15) is 6.92 Å². The quantitative estimate of drug-likeness (QED) is 0.401. The standard InChI is InChI=1S/C8H11N/c1-5-7(3)9-8(4)6-2/h5-6H,1-3H2,4H3. The Balaban J connectivity index is 4.10. The van der Waals surface area contributed by atoms with Gasteiger partial charge in [0, 0.05) is 5.71 Å². The number of rotatable bonds is 3. The van der Waals surface area contributed by atoms with Gasteiger partial charge in [-0.05, 0) is 19.1 Å². The average Bonchev–Trinajstić information content (AvgIpc) is 1.87. The minimum Gasteiger partial charge on any atom is -0.254 e. The minimum absolute atomic E-state index is 0.674. The highest BCUT2D eigenvalue weighted by atomic mass is 14.7. The summed E-state index contributed by atoms with van der Waals surface area (Å²) in [5.74, 6) is 0. The van der Waals surface area contributed by atoms with Gasteiger partial charge in [0.15, 0.2) is 0 Å². The zero-order valence-corrected chi connectivity index (χ0v) is 5.72. The maximum absolute atomic E-state index is 4.00. The van der Waals surface area contributed by atoms with Crippen LogP contribution in [0.2, 0.25) is 0 Å². The zero-order valence-electron chi connectivity index (χ0n) is 5.72. The fourth-order valence-corrected chi connectivity index (χ4v) is 0.318. The van der Waals surface area contributed by atoms with E-state index in [1.54, 1.807) is 12.2 Å².